The Labute approximate surface area is 120 Å². The van der Waals surface area contributed by atoms with E-state index in [2.05, 4.69) is 62.4 Å². The Morgan fingerprint density at radius 2 is 1.50 bits per heavy atom. The maximum atomic E-state index is 2.37. The van der Waals surface area contributed by atoms with Gasteiger partial charge in [-0.15, -0.1) is 0 Å². The first-order valence-electron chi connectivity index (χ1n) is 7.31. The SMILES string of the molecule is CC1=C(C)CC(c2cccc3c2Cc2ccccc2-3)=C1. The van der Waals surface area contributed by atoms with Crippen LogP contribution in [0.25, 0.3) is 16.7 Å². The zero-order valence-corrected chi connectivity index (χ0v) is 12.0. The van der Waals surface area contributed by atoms with Gasteiger partial charge in [0.1, 0.15) is 0 Å². The smallest absolute Gasteiger partial charge is 0.000740 e. The van der Waals surface area contributed by atoms with Gasteiger partial charge in [-0.25, -0.2) is 0 Å². The molecule has 0 unspecified atom stereocenters. The lowest BCUT2D eigenvalue weighted by molar-refractivity contribution is 1.20. The average molecular weight is 258 g/mol. The zero-order valence-electron chi connectivity index (χ0n) is 12.0. The van der Waals surface area contributed by atoms with Crippen LogP contribution in [0.3, 0.4) is 0 Å². The number of benzene rings is 2. The van der Waals surface area contributed by atoms with Gasteiger partial charge in [0.15, 0.2) is 0 Å². The summed E-state index contributed by atoms with van der Waals surface area (Å²) in [5, 5.41) is 0. The van der Waals surface area contributed by atoms with Crippen LogP contribution in [0.5, 0.6) is 0 Å². The summed E-state index contributed by atoms with van der Waals surface area (Å²) in [6.07, 6.45) is 4.56. The maximum absolute atomic E-state index is 2.37. The third-order valence-electron chi connectivity index (χ3n) is 4.72. The van der Waals surface area contributed by atoms with E-state index in [-0.39, 0.29) is 0 Å². The van der Waals surface area contributed by atoms with Crippen molar-refractivity contribution in [3.05, 3.63) is 76.4 Å². The second-order valence-electron chi connectivity index (χ2n) is 5.98. The lowest BCUT2D eigenvalue weighted by Gasteiger charge is -2.10. The Kier molecular flexibility index (Phi) is 2.47. The van der Waals surface area contributed by atoms with Gasteiger partial charge in [-0.2, -0.15) is 0 Å². The number of hydrogen-bond donors (Lipinski definition) is 0. The number of hydrogen-bond acceptors (Lipinski definition) is 0. The molecule has 0 bridgehead atoms. The van der Waals surface area contributed by atoms with Gasteiger partial charge in [-0.3, -0.25) is 0 Å². The van der Waals surface area contributed by atoms with Gasteiger partial charge in [-0.1, -0.05) is 59.7 Å². The molecule has 2 aromatic rings. The van der Waals surface area contributed by atoms with Gasteiger partial charge in [0.2, 0.25) is 0 Å². The van der Waals surface area contributed by atoms with E-state index in [0.29, 0.717) is 0 Å². The highest BCUT2D eigenvalue weighted by Gasteiger charge is 2.23. The van der Waals surface area contributed by atoms with Crippen LogP contribution in [0.4, 0.5) is 0 Å². The minimum atomic E-state index is 1.08. The van der Waals surface area contributed by atoms with Crippen LogP contribution in [0.2, 0.25) is 0 Å². The van der Waals surface area contributed by atoms with Gasteiger partial charge in [0, 0.05) is 0 Å². The molecular weight excluding hydrogens is 240 g/mol. The molecule has 0 radical (unpaired) electrons. The topological polar surface area (TPSA) is 0 Å². The van der Waals surface area contributed by atoms with Crippen molar-refractivity contribution < 1.29 is 0 Å². The fraction of sp³-hybridized carbons (Fsp3) is 0.200. The van der Waals surface area contributed by atoms with Crippen LogP contribution < -0.4 is 0 Å². The molecule has 0 atom stereocenters. The van der Waals surface area contributed by atoms with E-state index in [0.717, 1.165) is 12.8 Å². The van der Waals surface area contributed by atoms with E-state index in [1.54, 1.807) is 0 Å². The van der Waals surface area contributed by atoms with Crippen LogP contribution >= 0.6 is 0 Å². The van der Waals surface area contributed by atoms with Gasteiger partial charge in [0.25, 0.3) is 0 Å². The molecule has 2 aromatic carbocycles. The van der Waals surface area contributed by atoms with Crippen molar-refractivity contribution in [2.45, 2.75) is 26.7 Å². The predicted octanol–water partition coefficient (Wildman–Crippen LogP) is 5.38. The third-order valence-corrected chi connectivity index (χ3v) is 4.72. The second kappa shape index (κ2) is 4.21. The minimum Gasteiger partial charge on any atom is -0.0660 e. The molecule has 0 N–H and O–H groups in total. The molecule has 0 heteroatoms. The van der Waals surface area contributed by atoms with Crippen molar-refractivity contribution in [1.29, 1.82) is 0 Å². The molecule has 4 rings (SSSR count). The first-order valence-corrected chi connectivity index (χ1v) is 7.31. The van der Waals surface area contributed by atoms with Crippen molar-refractivity contribution in [2.24, 2.45) is 0 Å². The highest BCUT2D eigenvalue weighted by molar-refractivity contribution is 5.85. The lowest BCUT2D eigenvalue weighted by atomic mass is 9.94. The lowest BCUT2D eigenvalue weighted by Crippen LogP contribution is -1.91. The van der Waals surface area contributed by atoms with Crippen molar-refractivity contribution in [3.63, 3.8) is 0 Å². The van der Waals surface area contributed by atoms with E-state index in [1.165, 1.54) is 44.5 Å². The molecule has 0 fully saturated rings. The maximum Gasteiger partial charge on any atom is -0.000740 e. The van der Waals surface area contributed by atoms with Crippen molar-refractivity contribution in [2.75, 3.05) is 0 Å². The second-order valence-corrected chi connectivity index (χ2v) is 5.98. The fourth-order valence-electron chi connectivity index (χ4n) is 3.49. The van der Waals surface area contributed by atoms with E-state index in [9.17, 15) is 0 Å². The summed E-state index contributed by atoms with van der Waals surface area (Å²) < 4.78 is 0. The fourth-order valence-corrected chi connectivity index (χ4v) is 3.49. The highest BCUT2D eigenvalue weighted by Crippen LogP contribution is 2.42. The molecular formula is C20H18. The molecule has 2 aliphatic carbocycles. The quantitative estimate of drug-likeness (QED) is 0.549. The third kappa shape index (κ3) is 1.61. The Hall–Kier alpha value is -2.08. The van der Waals surface area contributed by atoms with Crippen LogP contribution in [0, 0.1) is 0 Å². The zero-order chi connectivity index (χ0) is 13.7. The van der Waals surface area contributed by atoms with E-state index < -0.39 is 0 Å². The average Bonchev–Trinajstić information content (AvgIpc) is 2.99. The summed E-state index contributed by atoms with van der Waals surface area (Å²) in [6, 6.07) is 15.6. The summed E-state index contributed by atoms with van der Waals surface area (Å²) in [4.78, 5) is 0. The number of allylic oxidation sites excluding steroid dienone is 4. The van der Waals surface area contributed by atoms with Gasteiger partial charge < -0.3 is 0 Å². The van der Waals surface area contributed by atoms with Gasteiger partial charge in [-0.05, 0) is 60.1 Å². The first-order chi connectivity index (χ1) is 9.74. The van der Waals surface area contributed by atoms with E-state index in [4.69, 9.17) is 0 Å². The molecule has 0 nitrogen and oxygen atoms in total. The molecule has 0 saturated heterocycles. The van der Waals surface area contributed by atoms with Crippen LogP contribution in [-0.4, -0.2) is 0 Å². The Balaban J connectivity index is 1.85. The van der Waals surface area contributed by atoms with Crippen molar-refractivity contribution in [3.8, 4) is 11.1 Å². The number of fused-ring (bicyclic) bond motifs is 3. The standard InChI is InChI=1S/C20H18/c1-13-10-16(11-14(13)2)18-8-5-9-19-17-7-4-3-6-15(17)12-20(18)19/h3-10H,11-12H2,1-2H3. The Bertz CT molecular complexity index is 772. The molecule has 0 saturated carbocycles. The van der Waals surface area contributed by atoms with Crippen molar-refractivity contribution >= 4 is 5.57 Å². The molecule has 0 aliphatic heterocycles. The molecule has 98 valence electrons. The molecule has 0 amide bonds. The van der Waals surface area contributed by atoms with Crippen LogP contribution in [-0.2, 0) is 6.42 Å². The largest absolute Gasteiger partial charge is 0.0660 e. The van der Waals surface area contributed by atoms with E-state index >= 15 is 0 Å². The Morgan fingerprint density at radius 1 is 0.750 bits per heavy atom. The summed E-state index contributed by atoms with van der Waals surface area (Å²) in [5.41, 5.74) is 11.7. The molecule has 0 aromatic heterocycles. The summed E-state index contributed by atoms with van der Waals surface area (Å²) in [6.45, 7) is 4.47. The van der Waals surface area contributed by atoms with Crippen molar-refractivity contribution in [1.82, 2.24) is 0 Å². The Morgan fingerprint density at radius 3 is 2.30 bits per heavy atom. The normalized spacial score (nSPS) is 16.2. The molecule has 20 heavy (non-hydrogen) atoms. The molecule has 0 spiro atoms. The summed E-state index contributed by atoms with van der Waals surface area (Å²) in [7, 11) is 0. The minimum absolute atomic E-state index is 1.08. The van der Waals surface area contributed by atoms with Crippen LogP contribution in [0.15, 0.2) is 59.7 Å². The van der Waals surface area contributed by atoms with Gasteiger partial charge in [0.05, 0.1) is 0 Å². The monoisotopic (exact) mass is 258 g/mol. The van der Waals surface area contributed by atoms with E-state index in [1.807, 2.05) is 0 Å². The molecule has 2 aliphatic rings. The highest BCUT2D eigenvalue weighted by atomic mass is 14.3. The summed E-state index contributed by atoms with van der Waals surface area (Å²) >= 11 is 0. The first kappa shape index (κ1) is 11.7. The van der Waals surface area contributed by atoms with Gasteiger partial charge >= 0.3 is 0 Å². The molecule has 0 heterocycles. The number of rotatable bonds is 1. The summed E-state index contributed by atoms with van der Waals surface area (Å²) in [5.74, 6) is 0. The predicted molar refractivity (Wildman–Crippen MR) is 85.7 cm³/mol. The van der Waals surface area contributed by atoms with Crippen LogP contribution in [0.1, 0.15) is 37.0 Å².